The third kappa shape index (κ3) is 1.69. The van der Waals surface area contributed by atoms with Crippen LogP contribution in [0.3, 0.4) is 0 Å². The molecule has 0 aliphatic heterocycles. The van der Waals surface area contributed by atoms with Gasteiger partial charge in [0, 0.05) is 11.3 Å². The summed E-state index contributed by atoms with van der Waals surface area (Å²) >= 11 is 0. The fourth-order valence-electron chi connectivity index (χ4n) is 6.21. The zero-order chi connectivity index (χ0) is 12.2. The van der Waals surface area contributed by atoms with E-state index in [0.29, 0.717) is 5.92 Å². The number of carbonyl (C=O) groups excluding carboxylic acids is 1. The minimum Gasteiger partial charge on any atom is -0.299 e. The van der Waals surface area contributed by atoms with E-state index in [-0.39, 0.29) is 5.41 Å². The molecule has 0 saturated heterocycles. The van der Waals surface area contributed by atoms with Crippen LogP contribution in [0.5, 0.6) is 0 Å². The van der Waals surface area contributed by atoms with Crippen molar-refractivity contribution in [1.29, 1.82) is 0 Å². The molecule has 5 aliphatic carbocycles. The molecule has 5 aliphatic rings. The summed E-state index contributed by atoms with van der Waals surface area (Å²) in [6, 6.07) is 0. The Morgan fingerprint density at radius 1 is 0.778 bits per heavy atom. The molecule has 0 aromatic carbocycles. The van der Waals surface area contributed by atoms with Gasteiger partial charge in [-0.2, -0.15) is 0 Å². The lowest BCUT2D eigenvalue weighted by atomic mass is 9.47. The lowest BCUT2D eigenvalue weighted by Crippen LogP contribution is -2.51. The molecule has 0 amide bonds. The lowest BCUT2D eigenvalue weighted by Gasteiger charge is -2.56. The summed E-state index contributed by atoms with van der Waals surface area (Å²) in [6.45, 7) is 0. The number of hydrogen-bond acceptors (Lipinski definition) is 1. The quantitative estimate of drug-likeness (QED) is 0.708. The SMILES string of the molecule is O=C(C1CCCCC1)C12CC3CC(CC(C3)C1)C2. The summed E-state index contributed by atoms with van der Waals surface area (Å²) in [4.78, 5) is 13.1. The molecule has 5 rings (SSSR count). The number of ketones is 1. The molecule has 0 spiro atoms. The summed E-state index contributed by atoms with van der Waals surface area (Å²) in [5, 5.41) is 0. The van der Waals surface area contributed by atoms with Crippen molar-refractivity contribution in [3.8, 4) is 0 Å². The number of Topliss-reactive ketones (excluding diaryl/α,β-unsaturated/α-hetero) is 1. The van der Waals surface area contributed by atoms with Crippen molar-refractivity contribution in [1.82, 2.24) is 0 Å². The number of carbonyl (C=O) groups is 1. The highest BCUT2D eigenvalue weighted by atomic mass is 16.1. The fraction of sp³-hybridized carbons (Fsp3) is 0.941. The molecule has 0 N–H and O–H groups in total. The van der Waals surface area contributed by atoms with E-state index in [1.165, 1.54) is 70.6 Å². The molecular formula is C17H26O. The van der Waals surface area contributed by atoms with Crippen LogP contribution in [-0.2, 0) is 4.79 Å². The summed E-state index contributed by atoms with van der Waals surface area (Å²) < 4.78 is 0. The number of rotatable bonds is 2. The van der Waals surface area contributed by atoms with Gasteiger partial charge in [0.1, 0.15) is 5.78 Å². The van der Waals surface area contributed by atoms with Gasteiger partial charge in [0.15, 0.2) is 0 Å². The van der Waals surface area contributed by atoms with E-state index in [2.05, 4.69) is 0 Å². The van der Waals surface area contributed by atoms with Crippen LogP contribution in [0.1, 0.15) is 70.6 Å². The van der Waals surface area contributed by atoms with Crippen molar-refractivity contribution in [3.05, 3.63) is 0 Å². The first-order valence-electron chi connectivity index (χ1n) is 8.29. The predicted molar refractivity (Wildman–Crippen MR) is 72.2 cm³/mol. The van der Waals surface area contributed by atoms with Crippen molar-refractivity contribution < 1.29 is 4.79 Å². The van der Waals surface area contributed by atoms with Gasteiger partial charge in [-0.3, -0.25) is 4.79 Å². The van der Waals surface area contributed by atoms with Crippen molar-refractivity contribution in [3.63, 3.8) is 0 Å². The molecule has 0 unspecified atom stereocenters. The smallest absolute Gasteiger partial charge is 0.142 e. The average Bonchev–Trinajstić information content (AvgIpc) is 2.37. The predicted octanol–water partition coefficient (Wildman–Crippen LogP) is 4.35. The third-order valence-electron chi connectivity index (χ3n) is 6.54. The Bertz CT molecular complexity index is 315. The van der Waals surface area contributed by atoms with Gasteiger partial charge < -0.3 is 0 Å². The van der Waals surface area contributed by atoms with Gasteiger partial charge in [-0.25, -0.2) is 0 Å². The maximum atomic E-state index is 13.1. The molecule has 1 nitrogen and oxygen atoms in total. The topological polar surface area (TPSA) is 17.1 Å². The molecule has 0 radical (unpaired) electrons. The highest BCUT2D eigenvalue weighted by Gasteiger charge is 2.55. The monoisotopic (exact) mass is 246 g/mol. The first-order chi connectivity index (χ1) is 8.75. The van der Waals surface area contributed by atoms with Gasteiger partial charge in [-0.05, 0) is 69.1 Å². The maximum Gasteiger partial charge on any atom is 0.142 e. The van der Waals surface area contributed by atoms with Crippen LogP contribution in [-0.4, -0.2) is 5.78 Å². The maximum absolute atomic E-state index is 13.1. The van der Waals surface area contributed by atoms with Gasteiger partial charge in [0.05, 0.1) is 0 Å². The van der Waals surface area contributed by atoms with Gasteiger partial charge >= 0.3 is 0 Å². The Morgan fingerprint density at radius 2 is 1.28 bits per heavy atom. The van der Waals surface area contributed by atoms with Crippen LogP contribution in [0, 0.1) is 29.1 Å². The van der Waals surface area contributed by atoms with Crippen LogP contribution >= 0.6 is 0 Å². The van der Waals surface area contributed by atoms with Crippen LogP contribution in [0.15, 0.2) is 0 Å². The normalized spacial score (nSPS) is 47.4. The van der Waals surface area contributed by atoms with E-state index in [1.54, 1.807) is 0 Å². The second-order valence-electron chi connectivity index (χ2n) is 7.90. The van der Waals surface area contributed by atoms with Crippen molar-refractivity contribution in [2.75, 3.05) is 0 Å². The van der Waals surface area contributed by atoms with Crippen LogP contribution < -0.4 is 0 Å². The van der Waals surface area contributed by atoms with Gasteiger partial charge in [-0.1, -0.05) is 19.3 Å². The summed E-state index contributed by atoms with van der Waals surface area (Å²) in [7, 11) is 0. The molecule has 100 valence electrons. The minimum absolute atomic E-state index is 0.177. The molecule has 0 heterocycles. The third-order valence-corrected chi connectivity index (χ3v) is 6.54. The lowest BCUT2D eigenvalue weighted by molar-refractivity contribution is -0.149. The zero-order valence-corrected chi connectivity index (χ0v) is 11.5. The van der Waals surface area contributed by atoms with Gasteiger partial charge in [-0.15, -0.1) is 0 Å². The average molecular weight is 246 g/mol. The van der Waals surface area contributed by atoms with E-state index in [0.717, 1.165) is 23.5 Å². The molecule has 1 heteroatoms. The van der Waals surface area contributed by atoms with Crippen LogP contribution in [0.4, 0.5) is 0 Å². The standard InChI is InChI=1S/C17H26O/c18-16(15-4-2-1-3-5-15)17-9-12-6-13(10-17)8-14(7-12)11-17/h12-15H,1-11H2. The molecule has 0 aromatic heterocycles. The molecular weight excluding hydrogens is 220 g/mol. The van der Waals surface area contributed by atoms with Crippen molar-refractivity contribution in [2.24, 2.45) is 29.1 Å². The fourth-order valence-corrected chi connectivity index (χ4v) is 6.21. The Labute approximate surface area is 111 Å². The Balaban J connectivity index is 1.57. The second kappa shape index (κ2) is 4.08. The molecule has 4 bridgehead atoms. The Kier molecular flexibility index (Phi) is 2.61. The van der Waals surface area contributed by atoms with Crippen LogP contribution in [0.25, 0.3) is 0 Å². The molecule has 5 saturated carbocycles. The van der Waals surface area contributed by atoms with E-state index in [9.17, 15) is 4.79 Å². The first kappa shape index (κ1) is 11.5. The highest BCUT2D eigenvalue weighted by molar-refractivity contribution is 5.87. The molecule has 18 heavy (non-hydrogen) atoms. The molecule has 0 aromatic rings. The van der Waals surface area contributed by atoms with E-state index in [4.69, 9.17) is 0 Å². The molecule has 0 atom stereocenters. The summed E-state index contributed by atoms with van der Waals surface area (Å²) in [5.74, 6) is 3.94. The molecule has 5 fully saturated rings. The second-order valence-corrected chi connectivity index (χ2v) is 7.90. The zero-order valence-electron chi connectivity index (χ0n) is 11.5. The Hall–Kier alpha value is -0.330. The summed E-state index contributed by atoms with van der Waals surface area (Å²) in [5.41, 5.74) is 0.177. The Morgan fingerprint density at radius 3 is 1.78 bits per heavy atom. The van der Waals surface area contributed by atoms with Gasteiger partial charge in [0.2, 0.25) is 0 Å². The highest BCUT2D eigenvalue weighted by Crippen LogP contribution is 2.61. The number of hydrogen-bond donors (Lipinski definition) is 0. The summed E-state index contributed by atoms with van der Waals surface area (Å²) in [6.07, 6.45) is 14.6. The van der Waals surface area contributed by atoms with Crippen molar-refractivity contribution in [2.45, 2.75) is 70.6 Å². The first-order valence-corrected chi connectivity index (χ1v) is 8.29. The van der Waals surface area contributed by atoms with E-state index >= 15 is 0 Å². The minimum atomic E-state index is 0.177. The van der Waals surface area contributed by atoms with Crippen LogP contribution in [0.2, 0.25) is 0 Å². The van der Waals surface area contributed by atoms with E-state index in [1.807, 2.05) is 0 Å². The largest absolute Gasteiger partial charge is 0.299 e. The van der Waals surface area contributed by atoms with E-state index < -0.39 is 0 Å². The van der Waals surface area contributed by atoms with Crippen molar-refractivity contribution >= 4 is 5.78 Å². The van der Waals surface area contributed by atoms with Gasteiger partial charge in [0.25, 0.3) is 0 Å².